The highest BCUT2D eigenvalue weighted by Crippen LogP contribution is 2.21. The van der Waals surface area contributed by atoms with E-state index < -0.39 is 0 Å². The topological polar surface area (TPSA) is 28.4 Å². The second kappa shape index (κ2) is 6.58. The lowest BCUT2D eigenvalue weighted by Gasteiger charge is -2.29. The van der Waals surface area contributed by atoms with E-state index in [1.54, 1.807) is 0 Å². The summed E-state index contributed by atoms with van der Waals surface area (Å²) in [5.41, 5.74) is 1.30. The maximum absolute atomic E-state index is 5.90. The summed E-state index contributed by atoms with van der Waals surface area (Å²) in [5.74, 6) is 3.01. The van der Waals surface area contributed by atoms with Crippen LogP contribution in [0.15, 0.2) is 10.5 Å². The molecule has 1 aromatic heterocycles. The Morgan fingerprint density at radius 2 is 2.26 bits per heavy atom. The van der Waals surface area contributed by atoms with E-state index >= 15 is 0 Å². The zero-order valence-corrected chi connectivity index (χ0v) is 12.8. The predicted molar refractivity (Wildman–Crippen MR) is 79.1 cm³/mol. The molecule has 1 atom stereocenters. The Kier molecular flexibility index (Phi) is 5.06. The predicted octanol–water partition coefficient (Wildman–Crippen LogP) is 3.32. The van der Waals surface area contributed by atoms with Crippen LogP contribution in [0.25, 0.3) is 0 Å². The van der Waals surface area contributed by atoms with Crippen molar-refractivity contribution in [3.05, 3.63) is 23.2 Å². The first-order chi connectivity index (χ1) is 9.04. The summed E-state index contributed by atoms with van der Waals surface area (Å²) < 4.78 is 5.90. The molecule has 0 amide bonds. The van der Waals surface area contributed by atoms with Gasteiger partial charge < -0.3 is 9.73 Å². The molecule has 19 heavy (non-hydrogen) atoms. The molecule has 0 radical (unpaired) electrons. The van der Waals surface area contributed by atoms with Gasteiger partial charge in [0.2, 0.25) is 0 Å². The lowest BCUT2D eigenvalue weighted by Crippen LogP contribution is -2.33. The number of rotatable bonds is 5. The van der Waals surface area contributed by atoms with Crippen molar-refractivity contribution < 1.29 is 4.42 Å². The van der Waals surface area contributed by atoms with E-state index in [1.807, 2.05) is 0 Å². The van der Waals surface area contributed by atoms with Gasteiger partial charge in [0.1, 0.15) is 11.5 Å². The van der Waals surface area contributed by atoms with Crippen molar-refractivity contribution in [2.45, 2.75) is 59.7 Å². The maximum atomic E-state index is 5.90. The second-order valence-corrected chi connectivity index (χ2v) is 6.31. The fraction of sp³-hybridized carbons (Fsp3) is 0.750. The van der Waals surface area contributed by atoms with Crippen molar-refractivity contribution in [1.29, 1.82) is 0 Å². The Hall–Kier alpha value is -0.800. The molecule has 1 unspecified atom stereocenters. The molecule has 1 fully saturated rings. The molecule has 3 nitrogen and oxygen atoms in total. The van der Waals surface area contributed by atoms with Gasteiger partial charge in [-0.05, 0) is 38.3 Å². The number of hydrogen-bond donors (Lipinski definition) is 1. The van der Waals surface area contributed by atoms with Crippen molar-refractivity contribution in [1.82, 2.24) is 10.2 Å². The quantitative estimate of drug-likeness (QED) is 0.884. The molecule has 0 aromatic carbocycles. The van der Waals surface area contributed by atoms with Crippen LogP contribution in [-0.4, -0.2) is 24.0 Å². The van der Waals surface area contributed by atoms with Crippen LogP contribution >= 0.6 is 0 Å². The van der Waals surface area contributed by atoms with Gasteiger partial charge in [-0.2, -0.15) is 0 Å². The molecule has 2 rings (SSSR count). The van der Waals surface area contributed by atoms with Crippen LogP contribution in [0.3, 0.4) is 0 Å². The molecule has 1 aliphatic heterocycles. The summed E-state index contributed by atoms with van der Waals surface area (Å²) in [6.07, 6.45) is 2.69. The van der Waals surface area contributed by atoms with Crippen molar-refractivity contribution in [3.8, 4) is 0 Å². The third-order valence-electron chi connectivity index (χ3n) is 3.89. The van der Waals surface area contributed by atoms with E-state index in [0.29, 0.717) is 6.04 Å². The van der Waals surface area contributed by atoms with Gasteiger partial charge in [0, 0.05) is 24.7 Å². The van der Waals surface area contributed by atoms with Crippen molar-refractivity contribution >= 4 is 0 Å². The molecule has 108 valence electrons. The van der Waals surface area contributed by atoms with Crippen LogP contribution in [0, 0.1) is 12.8 Å². The number of likely N-dealkylation sites (tertiary alicyclic amines) is 1. The summed E-state index contributed by atoms with van der Waals surface area (Å²) in [6, 6.07) is 2.74. The van der Waals surface area contributed by atoms with Gasteiger partial charge in [0.25, 0.3) is 0 Å². The van der Waals surface area contributed by atoms with Gasteiger partial charge in [0.15, 0.2) is 0 Å². The Morgan fingerprint density at radius 3 is 2.95 bits per heavy atom. The molecule has 1 saturated heterocycles. The normalized spacial score (nSPS) is 21.2. The lowest BCUT2D eigenvalue weighted by atomic mass is 10.0. The van der Waals surface area contributed by atoms with Gasteiger partial charge in [-0.25, -0.2) is 0 Å². The summed E-state index contributed by atoms with van der Waals surface area (Å²) in [4.78, 5) is 2.52. The average molecular weight is 264 g/mol. The summed E-state index contributed by atoms with van der Waals surface area (Å²) in [5, 5.41) is 3.45. The highest BCUT2D eigenvalue weighted by molar-refractivity contribution is 5.20. The third-order valence-corrected chi connectivity index (χ3v) is 3.89. The number of nitrogens with zero attached hydrogens (tertiary/aromatic N) is 1. The number of aryl methyl sites for hydroxylation is 1. The SMILES string of the molecule is Cc1oc(CN2CCCC(C)C2)cc1CNC(C)C. The van der Waals surface area contributed by atoms with E-state index in [9.17, 15) is 0 Å². The fourth-order valence-corrected chi connectivity index (χ4v) is 2.81. The molecule has 3 heteroatoms. The number of hydrogen-bond acceptors (Lipinski definition) is 3. The fourth-order valence-electron chi connectivity index (χ4n) is 2.81. The van der Waals surface area contributed by atoms with E-state index in [4.69, 9.17) is 4.42 Å². The van der Waals surface area contributed by atoms with Crippen LogP contribution < -0.4 is 5.32 Å². The van der Waals surface area contributed by atoms with E-state index in [1.165, 1.54) is 31.5 Å². The third kappa shape index (κ3) is 4.36. The van der Waals surface area contributed by atoms with Gasteiger partial charge in [0.05, 0.1) is 6.54 Å². The minimum Gasteiger partial charge on any atom is -0.465 e. The first-order valence-electron chi connectivity index (χ1n) is 7.58. The molecule has 0 bridgehead atoms. The molecule has 1 aliphatic rings. The van der Waals surface area contributed by atoms with Gasteiger partial charge in [-0.1, -0.05) is 20.8 Å². The molecule has 2 heterocycles. The van der Waals surface area contributed by atoms with Gasteiger partial charge >= 0.3 is 0 Å². The zero-order chi connectivity index (χ0) is 13.8. The Bertz CT molecular complexity index is 397. The Balaban J connectivity index is 1.91. The summed E-state index contributed by atoms with van der Waals surface area (Å²) in [6.45, 7) is 13.0. The number of piperidine rings is 1. The van der Waals surface area contributed by atoms with Crippen LogP contribution in [0.1, 0.15) is 50.7 Å². The molecular formula is C16H28N2O. The first kappa shape index (κ1) is 14.6. The summed E-state index contributed by atoms with van der Waals surface area (Å²) in [7, 11) is 0. The molecule has 0 aliphatic carbocycles. The first-order valence-corrected chi connectivity index (χ1v) is 7.58. The maximum Gasteiger partial charge on any atom is 0.118 e. The van der Waals surface area contributed by atoms with Crippen LogP contribution in [-0.2, 0) is 13.1 Å². The minimum absolute atomic E-state index is 0.515. The highest BCUT2D eigenvalue weighted by atomic mass is 16.3. The van der Waals surface area contributed by atoms with Crippen molar-refractivity contribution in [2.75, 3.05) is 13.1 Å². The lowest BCUT2D eigenvalue weighted by molar-refractivity contribution is 0.165. The smallest absolute Gasteiger partial charge is 0.118 e. The zero-order valence-electron chi connectivity index (χ0n) is 12.8. The van der Waals surface area contributed by atoms with Crippen LogP contribution in [0.5, 0.6) is 0 Å². The second-order valence-electron chi connectivity index (χ2n) is 6.31. The average Bonchev–Trinajstić information content (AvgIpc) is 2.67. The Labute approximate surface area is 117 Å². The van der Waals surface area contributed by atoms with E-state index in [2.05, 4.69) is 44.0 Å². The van der Waals surface area contributed by atoms with Gasteiger partial charge in [-0.3, -0.25) is 4.90 Å². The monoisotopic (exact) mass is 264 g/mol. The molecule has 1 N–H and O–H groups in total. The largest absolute Gasteiger partial charge is 0.465 e. The standard InChI is InChI=1S/C16H28N2O/c1-12(2)17-9-15-8-16(19-14(15)4)11-18-7-5-6-13(3)10-18/h8,12-13,17H,5-7,9-11H2,1-4H3. The van der Waals surface area contributed by atoms with Crippen LogP contribution in [0.4, 0.5) is 0 Å². The molecule has 1 aromatic rings. The highest BCUT2D eigenvalue weighted by Gasteiger charge is 2.18. The van der Waals surface area contributed by atoms with Gasteiger partial charge in [-0.15, -0.1) is 0 Å². The van der Waals surface area contributed by atoms with E-state index in [0.717, 1.165) is 30.5 Å². The number of furan rings is 1. The molecular weight excluding hydrogens is 236 g/mol. The minimum atomic E-state index is 0.515. The molecule has 0 spiro atoms. The van der Waals surface area contributed by atoms with Crippen molar-refractivity contribution in [2.24, 2.45) is 5.92 Å². The summed E-state index contributed by atoms with van der Waals surface area (Å²) >= 11 is 0. The van der Waals surface area contributed by atoms with Crippen molar-refractivity contribution in [3.63, 3.8) is 0 Å². The number of nitrogens with one attached hydrogen (secondary N) is 1. The Morgan fingerprint density at radius 1 is 1.47 bits per heavy atom. The van der Waals surface area contributed by atoms with Crippen LogP contribution in [0.2, 0.25) is 0 Å². The molecule has 0 saturated carbocycles. The van der Waals surface area contributed by atoms with E-state index in [-0.39, 0.29) is 0 Å².